The van der Waals surface area contributed by atoms with E-state index in [0.29, 0.717) is 50.1 Å². The van der Waals surface area contributed by atoms with Crippen LogP contribution in [0, 0.1) is 6.92 Å². The summed E-state index contributed by atoms with van der Waals surface area (Å²) in [6.45, 7) is 4.85. The van der Waals surface area contributed by atoms with Gasteiger partial charge in [-0.2, -0.15) is 4.31 Å². The molecule has 0 radical (unpaired) electrons. The molecule has 4 rings (SSSR count). The number of sulfonamides is 1. The maximum atomic E-state index is 11.8. The van der Waals surface area contributed by atoms with Crippen LogP contribution in [0.3, 0.4) is 0 Å². The van der Waals surface area contributed by atoms with Crippen molar-refractivity contribution < 1.29 is 13.2 Å². The van der Waals surface area contributed by atoms with Gasteiger partial charge < -0.3 is 15.8 Å². The van der Waals surface area contributed by atoms with Crippen LogP contribution in [0.15, 0.2) is 42.7 Å². The normalized spacial score (nSPS) is 15.3. The van der Waals surface area contributed by atoms with Crippen LogP contribution in [0.4, 0.5) is 17.2 Å². The van der Waals surface area contributed by atoms with Gasteiger partial charge >= 0.3 is 0 Å². The van der Waals surface area contributed by atoms with Gasteiger partial charge in [0.15, 0.2) is 0 Å². The fraction of sp³-hybridized carbons (Fsp3) is 0.348. The summed E-state index contributed by atoms with van der Waals surface area (Å²) in [5.74, 6) is 1.16. The molecular weight excluding hydrogens is 454 g/mol. The minimum absolute atomic E-state index is 0.485. The zero-order valence-electron chi connectivity index (χ0n) is 19.5. The third kappa shape index (κ3) is 5.79. The van der Waals surface area contributed by atoms with Gasteiger partial charge in [-0.25, -0.2) is 18.4 Å². The lowest BCUT2D eigenvalue weighted by Gasteiger charge is -2.33. The minimum Gasteiger partial charge on any atom is -0.481 e. The van der Waals surface area contributed by atoms with Crippen molar-refractivity contribution in [2.75, 3.05) is 50.6 Å². The van der Waals surface area contributed by atoms with Gasteiger partial charge in [0.1, 0.15) is 5.82 Å². The number of rotatable bonds is 7. The van der Waals surface area contributed by atoms with Gasteiger partial charge in [-0.1, -0.05) is 0 Å². The van der Waals surface area contributed by atoms with Crippen LogP contribution < -0.4 is 15.8 Å². The van der Waals surface area contributed by atoms with E-state index in [1.807, 2.05) is 31.3 Å². The van der Waals surface area contributed by atoms with E-state index in [-0.39, 0.29) is 0 Å². The molecule has 1 saturated heterocycles. The van der Waals surface area contributed by atoms with Crippen LogP contribution in [-0.4, -0.2) is 72.1 Å². The van der Waals surface area contributed by atoms with Crippen LogP contribution in [0.25, 0.3) is 11.3 Å². The van der Waals surface area contributed by atoms with Crippen molar-refractivity contribution in [2.45, 2.75) is 13.5 Å². The highest BCUT2D eigenvalue weighted by molar-refractivity contribution is 7.88. The topological polar surface area (TPSA) is 127 Å². The second kappa shape index (κ2) is 9.92. The van der Waals surface area contributed by atoms with Gasteiger partial charge in [-0.15, -0.1) is 0 Å². The Bertz CT molecular complexity index is 1240. The van der Waals surface area contributed by atoms with Gasteiger partial charge in [-0.05, 0) is 36.8 Å². The maximum Gasteiger partial charge on any atom is 0.213 e. The minimum atomic E-state index is -3.16. The van der Waals surface area contributed by atoms with Gasteiger partial charge in [0.25, 0.3) is 0 Å². The molecular formula is C23H29N7O3S. The Hall–Kier alpha value is -3.28. The van der Waals surface area contributed by atoms with Crippen molar-refractivity contribution in [3.63, 3.8) is 0 Å². The lowest BCUT2D eigenvalue weighted by Crippen LogP contribution is -2.47. The average Bonchev–Trinajstić information content (AvgIpc) is 2.80. The molecule has 1 aliphatic heterocycles. The van der Waals surface area contributed by atoms with E-state index in [1.165, 1.54) is 10.6 Å². The lowest BCUT2D eigenvalue weighted by molar-refractivity contribution is 0.182. The highest BCUT2D eigenvalue weighted by Crippen LogP contribution is 2.30. The highest BCUT2D eigenvalue weighted by atomic mass is 32.2. The Morgan fingerprint density at radius 3 is 2.47 bits per heavy atom. The second-order valence-corrected chi connectivity index (χ2v) is 10.3. The van der Waals surface area contributed by atoms with E-state index >= 15 is 0 Å². The highest BCUT2D eigenvalue weighted by Gasteiger charge is 2.23. The Balaban J connectivity index is 1.61. The maximum absolute atomic E-state index is 11.8. The molecule has 3 aromatic rings. The molecule has 0 aliphatic carbocycles. The summed E-state index contributed by atoms with van der Waals surface area (Å²) in [5.41, 5.74) is 10.8. The summed E-state index contributed by atoms with van der Waals surface area (Å²) in [7, 11) is -1.59. The molecule has 0 bridgehead atoms. The predicted octanol–water partition coefficient (Wildman–Crippen LogP) is 2.26. The van der Waals surface area contributed by atoms with Gasteiger partial charge in [0.2, 0.25) is 15.9 Å². The molecule has 1 fully saturated rings. The van der Waals surface area contributed by atoms with E-state index in [9.17, 15) is 8.42 Å². The van der Waals surface area contributed by atoms with Crippen molar-refractivity contribution >= 4 is 27.2 Å². The molecule has 0 amide bonds. The third-order valence-electron chi connectivity index (χ3n) is 5.61. The molecule has 1 aliphatic rings. The van der Waals surface area contributed by atoms with Crippen LogP contribution in [0.1, 0.15) is 11.3 Å². The zero-order valence-corrected chi connectivity index (χ0v) is 20.3. The number of hydrogen-bond acceptors (Lipinski definition) is 9. The SMILES string of the molecule is COc1ccc(Nc2ncc(CN3CCN(S(C)(=O)=O)CC3)cc2-c2cc(N)cc(C)n2)cn1. The summed E-state index contributed by atoms with van der Waals surface area (Å²) in [6.07, 6.45) is 4.76. The molecule has 3 N–H and O–H groups in total. The number of aryl methyl sites for hydroxylation is 1. The number of ether oxygens (including phenoxy) is 1. The van der Waals surface area contributed by atoms with E-state index in [0.717, 1.165) is 28.2 Å². The van der Waals surface area contributed by atoms with Crippen molar-refractivity contribution in [1.82, 2.24) is 24.2 Å². The van der Waals surface area contributed by atoms with Gasteiger partial charge in [-0.3, -0.25) is 9.88 Å². The summed E-state index contributed by atoms with van der Waals surface area (Å²) >= 11 is 0. The monoisotopic (exact) mass is 483 g/mol. The van der Waals surface area contributed by atoms with Crippen molar-refractivity contribution in [2.24, 2.45) is 0 Å². The molecule has 4 heterocycles. The quantitative estimate of drug-likeness (QED) is 0.520. The standard InChI is InChI=1S/C23H29N7O3S/c1-16-10-18(24)12-21(27-16)20-11-17(15-29-6-8-30(9-7-29)34(3,31)32)13-26-23(20)28-19-4-5-22(33-2)25-14-19/h4-5,10-14H,6-9,15H2,1-3H3,(H2,24,27)(H,26,28). The summed E-state index contributed by atoms with van der Waals surface area (Å²) in [5, 5.41) is 3.32. The predicted molar refractivity (Wildman–Crippen MR) is 132 cm³/mol. The molecule has 0 aromatic carbocycles. The number of methoxy groups -OCH3 is 1. The molecule has 10 nitrogen and oxygen atoms in total. The first-order valence-electron chi connectivity index (χ1n) is 10.9. The Kier molecular flexibility index (Phi) is 6.96. The van der Waals surface area contributed by atoms with E-state index in [2.05, 4.69) is 31.2 Å². The summed E-state index contributed by atoms with van der Waals surface area (Å²) in [6, 6.07) is 9.34. The largest absolute Gasteiger partial charge is 0.481 e. The number of nitrogen functional groups attached to an aromatic ring is 1. The number of aromatic nitrogens is 3. The molecule has 0 saturated carbocycles. The molecule has 0 atom stereocenters. The van der Waals surface area contributed by atoms with E-state index in [1.54, 1.807) is 19.4 Å². The molecule has 0 unspecified atom stereocenters. The molecule has 3 aromatic heterocycles. The first-order chi connectivity index (χ1) is 16.2. The van der Waals surface area contributed by atoms with Gasteiger partial charge in [0, 0.05) is 61.9 Å². The van der Waals surface area contributed by atoms with Crippen LogP contribution in [0.2, 0.25) is 0 Å². The fourth-order valence-electron chi connectivity index (χ4n) is 3.91. The summed E-state index contributed by atoms with van der Waals surface area (Å²) < 4.78 is 30.2. The Morgan fingerprint density at radius 1 is 1.09 bits per heavy atom. The lowest BCUT2D eigenvalue weighted by atomic mass is 10.1. The zero-order chi connectivity index (χ0) is 24.3. The third-order valence-corrected chi connectivity index (χ3v) is 6.91. The number of pyridine rings is 3. The number of hydrogen-bond donors (Lipinski definition) is 2. The molecule has 11 heteroatoms. The number of nitrogens with two attached hydrogens (primary N) is 1. The Labute approximate surface area is 199 Å². The van der Waals surface area contributed by atoms with Crippen molar-refractivity contribution in [1.29, 1.82) is 0 Å². The first-order valence-corrected chi connectivity index (χ1v) is 12.7. The molecule has 34 heavy (non-hydrogen) atoms. The van der Waals surface area contributed by atoms with Crippen LogP contribution >= 0.6 is 0 Å². The van der Waals surface area contributed by atoms with Crippen LogP contribution in [0.5, 0.6) is 5.88 Å². The number of piperazine rings is 1. The van der Waals surface area contributed by atoms with E-state index < -0.39 is 10.0 Å². The van der Waals surface area contributed by atoms with Crippen LogP contribution in [-0.2, 0) is 16.6 Å². The van der Waals surface area contributed by atoms with E-state index in [4.69, 9.17) is 10.5 Å². The number of nitrogens with one attached hydrogen (secondary N) is 1. The van der Waals surface area contributed by atoms with Crippen molar-refractivity contribution in [3.05, 3.63) is 54.0 Å². The first kappa shape index (κ1) is 23.9. The smallest absolute Gasteiger partial charge is 0.213 e. The average molecular weight is 484 g/mol. The van der Waals surface area contributed by atoms with Gasteiger partial charge in [0.05, 0.1) is 30.9 Å². The van der Waals surface area contributed by atoms with Crippen molar-refractivity contribution in [3.8, 4) is 17.1 Å². The Morgan fingerprint density at radius 2 is 1.85 bits per heavy atom. The molecule has 180 valence electrons. The second-order valence-electron chi connectivity index (χ2n) is 8.32. The molecule has 0 spiro atoms. The fourth-order valence-corrected chi connectivity index (χ4v) is 4.74. The summed E-state index contributed by atoms with van der Waals surface area (Å²) in [4.78, 5) is 15.8. The number of anilines is 3. The number of nitrogens with zero attached hydrogens (tertiary/aromatic N) is 5.